The van der Waals surface area contributed by atoms with Gasteiger partial charge >= 0.3 is 12.2 Å². The number of benzene rings is 4. The minimum absolute atomic E-state index is 0.110. The van der Waals surface area contributed by atoms with Gasteiger partial charge in [-0.2, -0.15) is 0 Å². The van der Waals surface area contributed by atoms with Gasteiger partial charge in [-0.25, -0.2) is 19.6 Å². The molecular formula is C51H55N9O6. The van der Waals surface area contributed by atoms with Gasteiger partial charge in [0.05, 0.1) is 50.1 Å². The molecule has 15 heteroatoms. The molecule has 0 saturated carbocycles. The number of aryl methyl sites for hydroxylation is 1. The normalized spacial score (nSPS) is 17.1. The molecule has 0 radical (unpaired) electrons. The van der Waals surface area contributed by atoms with Gasteiger partial charge in [-0.05, 0) is 82.8 Å². The predicted molar refractivity (Wildman–Crippen MR) is 252 cm³/mol. The van der Waals surface area contributed by atoms with Crippen molar-refractivity contribution in [3.05, 3.63) is 121 Å². The molecule has 4 N–H and O–H groups in total. The first-order valence-corrected chi connectivity index (χ1v) is 22.6. The Morgan fingerprint density at radius 1 is 0.697 bits per heavy atom. The summed E-state index contributed by atoms with van der Waals surface area (Å²) >= 11 is 0. The second-order valence-electron chi connectivity index (χ2n) is 17.6. The minimum Gasteiger partial charge on any atom is -0.453 e. The van der Waals surface area contributed by atoms with Crippen LogP contribution < -0.4 is 10.6 Å². The number of carbonyl (C=O) groups is 4. The molecule has 3 aromatic heterocycles. The molecule has 4 unspecified atom stereocenters. The summed E-state index contributed by atoms with van der Waals surface area (Å²) in [4.78, 5) is 72.5. The molecule has 2 aliphatic heterocycles. The Labute approximate surface area is 382 Å². The molecule has 9 rings (SSSR count). The summed E-state index contributed by atoms with van der Waals surface area (Å²) in [5.74, 6) is 1.01. The highest BCUT2D eigenvalue weighted by atomic mass is 16.5. The number of nitrogens with zero attached hydrogens (tertiary/aromatic N) is 5. The Morgan fingerprint density at radius 2 is 1.24 bits per heavy atom. The summed E-state index contributed by atoms with van der Waals surface area (Å²) in [7, 11) is 4.57. The summed E-state index contributed by atoms with van der Waals surface area (Å²) in [6.45, 7) is 4.96. The number of ether oxygens (including phenoxy) is 2. The van der Waals surface area contributed by atoms with E-state index in [2.05, 4.69) is 81.3 Å². The molecule has 5 heterocycles. The number of rotatable bonds is 12. The topological polar surface area (TPSA) is 180 Å². The highest BCUT2D eigenvalue weighted by Crippen LogP contribution is 2.36. The van der Waals surface area contributed by atoms with E-state index in [0.717, 1.165) is 92.4 Å². The molecule has 2 aliphatic rings. The molecule has 2 fully saturated rings. The lowest BCUT2D eigenvalue weighted by molar-refractivity contribution is -0.135. The molecule has 0 bridgehead atoms. The molecule has 0 spiro atoms. The molecule has 66 heavy (non-hydrogen) atoms. The summed E-state index contributed by atoms with van der Waals surface area (Å²) in [5.41, 5.74) is 7.86. The Kier molecular flexibility index (Phi) is 12.3. The molecule has 2 saturated heterocycles. The van der Waals surface area contributed by atoms with Crippen molar-refractivity contribution in [1.82, 2.24) is 44.9 Å². The van der Waals surface area contributed by atoms with Gasteiger partial charge in [-0.3, -0.25) is 9.59 Å². The zero-order valence-electron chi connectivity index (χ0n) is 37.8. The van der Waals surface area contributed by atoms with E-state index in [4.69, 9.17) is 19.4 Å². The van der Waals surface area contributed by atoms with Crippen LogP contribution in [0.25, 0.3) is 55.3 Å². The van der Waals surface area contributed by atoms with Gasteiger partial charge in [0.1, 0.15) is 23.7 Å². The molecule has 4 aromatic carbocycles. The van der Waals surface area contributed by atoms with Crippen molar-refractivity contribution in [2.24, 2.45) is 13.0 Å². The number of amides is 4. The molecule has 4 amide bonds. The number of hydrogen-bond donors (Lipinski definition) is 4. The first kappa shape index (κ1) is 43.8. The van der Waals surface area contributed by atoms with E-state index in [1.165, 1.54) is 14.2 Å². The van der Waals surface area contributed by atoms with Crippen LogP contribution in [0.4, 0.5) is 9.59 Å². The van der Waals surface area contributed by atoms with Gasteiger partial charge in [-0.1, -0.05) is 80.6 Å². The smallest absolute Gasteiger partial charge is 0.407 e. The number of aromatic amines is 2. The third kappa shape index (κ3) is 8.72. The zero-order valence-corrected chi connectivity index (χ0v) is 37.8. The SMILES string of the molecule is COC(=O)NC(Cc1cn(C)c2ccccc12)C(=O)N1CCCC1c1ncc(-c2ccc(-c3ccc4cc(-c5cnc(C6CCCN6C(=O)C(NC(=O)OC)C(C)C)[nH]5)ccc4c3)cc2)[nH]1. The number of carbonyl (C=O) groups excluding carboxylic acids is 4. The Balaban J connectivity index is 0.870. The lowest BCUT2D eigenvalue weighted by Gasteiger charge is -2.30. The van der Waals surface area contributed by atoms with Gasteiger partial charge in [0.2, 0.25) is 11.8 Å². The fourth-order valence-corrected chi connectivity index (χ4v) is 9.66. The van der Waals surface area contributed by atoms with Crippen LogP contribution in [0, 0.1) is 5.92 Å². The second-order valence-corrected chi connectivity index (χ2v) is 17.6. The Morgan fingerprint density at radius 3 is 1.88 bits per heavy atom. The number of aromatic nitrogens is 5. The zero-order chi connectivity index (χ0) is 46.1. The number of likely N-dealkylation sites (tertiary alicyclic amines) is 2. The van der Waals surface area contributed by atoms with Crippen molar-refractivity contribution < 1.29 is 28.7 Å². The Hall–Kier alpha value is -7.42. The van der Waals surface area contributed by atoms with Gasteiger partial charge in [0.15, 0.2) is 0 Å². The maximum atomic E-state index is 14.3. The maximum Gasteiger partial charge on any atom is 0.407 e. The van der Waals surface area contributed by atoms with E-state index in [9.17, 15) is 19.2 Å². The molecule has 7 aromatic rings. The lowest BCUT2D eigenvalue weighted by atomic mass is 9.98. The predicted octanol–water partition coefficient (Wildman–Crippen LogP) is 8.45. The molecular weight excluding hydrogens is 835 g/mol. The standard InChI is InChI=1S/C51H55N9O6/c1-30(2)45(57-51(64)66-5)49(62)60-23-9-13-44(60)47-53-28-41(55-47)36-21-20-34-24-33(18-19-35(34)25-36)31-14-16-32(17-15-31)40-27-52-46(54-40)43-12-8-22-59(43)48(61)39(56-50(63)65-4)26-37-29-58(3)42-11-7-6-10-38(37)42/h6-7,10-11,14-21,24-25,27-30,39,43-45H,8-9,12-13,22-23,26H2,1-5H3,(H,52,54)(H,53,55)(H,56,63)(H,57,64). The highest BCUT2D eigenvalue weighted by molar-refractivity contribution is 5.92. The van der Waals surface area contributed by atoms with E-state index in [1.54, 1.807) is 0 Å². The fourth-order valence-electron chi connectivity index (χ4n) is 9.66. The molecule has 15 nitrogen and oxygen atoms in total. The summed E-state index contributed by atoms with van der Waals surface area (Å²) in [5, 5.41) is 8.74. The quantitative estimate of drug-likeness (QED) is 0.0944. The summed E-state index contributed by atoms with van der Waals surface area (Å²) in [6, 6.07) is 27.2. The van der Waals surface area contributed by atoms with Crippen LogP contribution in [-0.2, 0) is 32.5 Å². The van der Waals surface area contributed by atoms with E-state index in [-0.39, 0.29) is 29.8 Å². The first-order chi connectivity index (χ1) is 32.0. The van der Waals surface area contributed by atoms with Crippen molar-refractivity contribution in [3.8, 4) is 33.6 Å². The van der Waals surface area contributed by atoms with Gasteiger partial charge in [-0.15, -0.1) is 0 Å². The van der Waals surface area contributed by atoms with Crippen molar-refractivity contribution in [1.29, 1.82) is 0 Å². The monoisotopic (exact) mass is 889 g/mol. The third-order valence-corrected chi connectivity index (χ3v) is 13.1. The van der Waals surface area contributed by atoms with Crippen LogP contribution in [0.2, 0.25) is 0 Å². The number of alkyl carbamates (subject to hydrolysis) is 2. The fraction of sp³-hybridized carbons (Fsp3) is 0.333. The largest absolute Gasteiger partial charge is 0.453 e. The van der Waals surface area contributed by atoms with Crippen LogP contribution in [-0.4, -0.2) is 97.7 Å². The average molecular weight is 890 g/mol. The van der Waals surface area contributed by atoms with Crippen LogP contribution >= 0.6 is 0 Å². The minimum atomic E-state index is -0.816. The van der Waals surface area contributed by atoms with E-state index < -0.39 is 24.3 Å². The van der Waals surface area contributed by atoms with Crippen LogP contribution in [0.3, 0.4) is 0 Å². The van der Waals surface area contributed by atoms with E-state index in [1.807, 2.05) is 78.1 Å². The highest BCUT2D eigenvalue weighted by Gasteiger charge is 2.39. The lowest BCUT2D eigenvalue weighted by Crippen LogP contribution is -2.51. The number of imidazole rings is 2. The number of para-hydroxylation sites is 1. The number of fused-ring (bicyclic) bond motifs is 2. The average Bonchev–Trinajstić information content (AvgIpc) is 4.20. The first-order valence-electron chi connectivity index (χ1n) is 22.6. The molecule has 340 valence electrons. The van der Waals surface area contributed by atoms with Crippen LogP contribution in [0.5, 0.6) is 0 Å². The third-order valence-electron chi connectivity index (χ3n) is 13.1. The molecule has 0 aliphatic carbocycles. The van der Waals surface area contributed by atoms with Gasteiger partial charge in [0.25, 0.3) is 0 Å². The van der Waals surface area contributed by atoms with E-state index >= 15 is 0 Å². The maximum absolute atomic E-state index is 14.3. The summed E-state index contributed by atoms with van der Waals surface area (Å²) < 4.78 is 11.8. The number of H-pyrrole nitrogens is 2. The molecule has 4 atom stereocenters. The summed E-state index contributed by atoms with van der Waals surface area (Å²) in [6.07, 6.45) is 7.90. The van der Waals surface area contributed by atoms with Crippen molar-refractivity contribution in [3.63, 3.8) is 0 Å². The van der Waals surface area contributed by atoms with Gasteiger partial charge < -0.3 is 44.4 Å². The van der Waals surface area contributed by atoms with Crippen molar-refractivity contribution in [2.45, 2.75) is 70.1 Å². The van der Waals surface area contributed by atoms with E-state index in [0.29, 0.717) is 25.3 Å². The van der Waals surface area contributed by atoms with Gasteiger partial charge in [0, 0.05) is 49.2 Å². The number of hydrogen-bond acceptors (Lipinski definition) is 8. The Bertz CT molecular complexity index is 2920. The number of methoxy groups -OCH3 is 2. The second kappa shape index (κ2) is 18.6. The number of nitrogens with one attached hydrogen (secondary N) is 4. The van der Waals surface area contributed by atoms with Crippen molar-refractivity contribution >= 4 is 45.7 Å². The van der Waals surface area contributed by atoms with Crippen molar-refractivity contribution in [2.75, 3.05) is 27.3 Å². The van der Waals surface area contributed by atoms with Crippen LogP contribution in [0.15, 0.2) is 104 Å². The van der Waals surface area contributed by atoms with Crippen LogP contribution in [0.1, 0.15) is 68.8 Å².